The van der Waals surface area contributed by atoms with Crippen LogP contribution in [0.5, 0.6) is 0 Å². The maximum absolute atomic E-state index is 6.30. The summed E-state index contributed by atoms with van der Waals surface area (Å²) in [6.07, 6.45) is 3.12. The molecule has 0 atom stereocenters. The average molecular weight is 364 g/mol. The summed E-state index contributed by atoms with van der Waals surface area (Å²) in [5.41, 5.74) is 2.87. The summed E-state index contributed by atoms with van der Waals surface area (Å²) >= 11 is 9.84. The van der Waals surface area contributed by atoms with Crippen molar-refractivity contribution in [3.8, 4) is 5.69 Å². The Bertz CT molecular complexity index is 743. The Kier molecular flexibility index (Phi) is 4.22. The Labute approximate surface area is 135 Å². The first-order valence-electron chi connectivity index (χ1n) is 6.36. The molecule has 0 fully saturated rings. The first-order valence-corrected chi connectivity index (χ1v) is 7.53. The monoisotopic (exact) mass is 362 g/mol. The van der Waals surface area contributed by atoms with E-state index in [9.17, 15) is 0 Å². The fourth-order valence-electron chi connectivity index (χ4n) is 2.05. The van der Waals surface area contributed by atoms with Gasteiger partial charge in [-0.1, -0.05) is 51.8 Å². The van der Waals surface area contributed by atoms with Gasteiger partial charge in [-0.15, -0.1) is 0 Å². The van der Waals surface area contributed by atoms with Gasteiger partial charge in [-0.05, 0) is 23.8 Å². The number of halogens is 2. The van der Waals surface area contributed by atoms with E-state index in [4.69, 9.17) is 11.6 Å². The minimum atomic E-state index is 0.623. The van der Waals surface area contributed by atoms with E-state index >= 15 is 0 Å². The summed E-state index contributed by atoms with van der Waals surface area (Å²) in [4.78, 5) is 3.97. The maximum atomic E-state index is 6.30. The molecule has 0 radical (unpaired) electrons. The molecule has 3 aromatic rings. The van der Waals surface area contributed by atoms with E-state index in [2.05, 4.69) is 37.4 Å². The van der Waals surface area contributed by atoms with Crippen molar-refractivity contribution in [3.05, 3.63) is 70.2 Å². The molecule has 0 spiro atoms. The molecule has 0 saturated carbocycles. The molecule has 1 heterocycles. The summed E-state index contributed by atoms with van der Waals surface area (Å²) < 4.78 is 2.73. The van der Waals surface area contributed by atoms with Crippen LogP contribution in [0.1, 0.15) is 5.56 Å². The molecule has 6 heteroatoms. The average Bonchev–Trinajstić information content (AvgIpc) is 3.00. The van der Waals surface area contributed by atoms with E-state index in [-0.39, 0.29) is 0 Å². The van der Waals surface area contributed by atoms with Crippen LogP contribution in [0.25, 0.3) is 5.69 Å². The van der Waals surface area contributed by atoms with Gasteiger partial charge in [-0.3, -0.25) is 0 Å². The van der Waals surface area contributed by atoms with Crippen LogP contribution in [0.3, 0.4) is 0 Å². The minimum absolute atomic E-state index is 0.623. The summed E-state index contributed by atoms with van der Waals surface area (Å²) in [5.74, 6) is 0. The Morgan fingerprint density at radius 1 is 1.14 bits per heavy atom. The van der Waals surface area contributed by atoms with Crippen LogP contribution in [0.15, 0.2) is 59.6 Å². The number of rotatable bonds is 4. The fraction of sp³-hybridized carbons (Fsp3) is 0.0667. The van der Waals surface area contributed by atoms with Gasteiger partial charge in [-0.2, -0.15) is 5.10 Å². The van der Waals surface area contributed by atoms with E-state index < -0.39 is 0 Å². The molecule has 0 aliphatic carbocycles. The van der Waals surface area contributed by atoms with Gasteiger partial charge in [0.1, 0.15) is 18.3 Å². The number of para-hydroxylation sites is 1. The van der Waals surface area contributed by atoms with E-state index in [1.54, 1.807) is 11.0 Å². The van der Waals surface area contributed by atoms with Crippen LogP contribution >= 0.6 is 27.5 Å². The summed E-state index contributed by atoms with van der Waals surface area (Å²) in [7, 11) is 0. The predicted molar refractivity (Wildman–Crippen MR) is 87.8 cm³/mol. The van der Waals surface area contributed by atoms with Gasteiger partial charge < -0.3 is 5.32 Å². The molecule has 0 amide bonds. The van der Waals surface area contributed by atoms with Crippen molar-refractivity contribution in [2.75, 3.05) is 5.32 Å². The smallest absolute Gasteiger partial charge is 0.138 e. The van der Waals surface area contributed by atoms with Crippen molar-refractivity contribution >= 4 is 33.2 Å². The molecule has 1 N–H and O–H groups in total. The quantitative estimate of drug-likeness (QED) is 0.751. The SMILES string of the molecule is Clc1cccc(NCc2ccccc2Br)c1-n1cncn1. The van der Waals surface area contributed by atoms with Crippen molar-refractivity contribution in [2.45, 2.75) is 6.54 Å². The second-order valence-electron chi connectivity index (χ2n) is 4.42. The normalized spacial score (nSPS) is 10.6. The molecular weight excluding hydrogens is 352 g/mol. The highest BCUT2D eigenvalue weighted by molar-refractivity contribution is 9.10. The topological polar surface area (TPSA) is 42.7 Å². The maximum Gasteiger partial charge on any atom is 0.138 e. The molecule has 3 rings (SSSR count). The molecule has 4 nitrogen and oxygen atoms in total. The second kappa shape index (κ2) is 6.28. The molecule has 0 unspecified atom stereocenters. The predicted octanol–water partition coefficient (Wildman–Crippen LogP) is 4.30. The number of benzene rings is 2. The van der Waals surface area contributed by atoms with E-state index in [1.165, 1.54) is 11.9 Å². The Morgan fingerprint density at radius 3 is 2.76 bits per heavy atom. The highest BCUT2D eigenvalue weighted by Gasteiger charge is 2.10. The van der Waals surface area contributed by atoms with Gasteiger partial charge >= 0.3 is 0 Å². The third kappa shape index (κ3) is 3.09. The number of nitrogens with zero attached hydrogens (tertiary/aromatic N) is 3. The molecule has 106 valence electrons. The lowest BCUT2D eigenvalue weighted by molar-refractivity contribution is 0.878. The number of hydrogen-bond donors (Lipinski definition) is 1. The van der Waals surface area contributed by atoms with Crippen LogP contribution in [0.2, 0.25) is 5.02 Å². The van der Waals surface area contributed by atoms with E-state index in [1.807, 2.05) is 36.4 Å². The molecule has 0 saturated heterocycles. The van der Waals surface area contributed by atoms with Crippen LogP contribution in [-0.2, 0) is 6.54 Å². The summed E-state index contributed by atoms with van der Waals surface area (Å²) in [5, 5.41) is 8.17. The second-order valence-corrected chi connectivity index (χ2v) is 5.68. The molecule has 0 aliphatic heterocycles. The number of anilines is 1. The Hall–Kier alpha value is -1.85. The van der Waals surface area contributed by atoms with Crippen molar-refractivity contribution in [2.24, 2.45) is 0 Å². The van der Waals surface area contributed by atoms with Crippen LogP contribution in [-0.4, -0.2) is 14.8 Å². The van der Waals surface area contributed by atoms with Crippen molar-refractivity contribution in [1.82, 2.24) is 14.8 Å². The summed E-state index contributed by atoms with van der Waals surface area (Å²) in [6, 6.07) is 13.8. The summed E-state index contributed by atoms with van der Waals surface area (Å²) in [6.45, 7) is 0.684. The molecule has 0 aliphatic rings. The third-order valence-corrected chi connectivity index (χ3v) is 4.14. The molecular formula is C15H12BrClN4. The zero-order valence-electron chi connectivity index (χ0n) is 11.0. The van der Waals surface area contributed by atoms with Crippen molar-refractivity contribution in [3.63, 3.8) is 0 Å². The number of nitrogens with one attached hydrogen (secondary N) is 1. The minimum Gasteiger partial charge on any atom is -0.379 e. The van der Waals surface area contributed by atoms with Gasteiger partial charge in [0, 0.05) is 11.0 Å². The van der Waals surface area contributed by atoms with Crippen molar-refractivity contribution in [1.29, 1.82) is 0 Å². The third-order valence-electron chi connectivity index (χ3n) is 3.06. The molecule has 1 aromatic heterocycles. The lowest BCUT2D eigenvalue weighted by Crippen LogP contribution is -2.06. The first kappa shape index (κ1) is 14.1. The van der Waals surface area contributed by atoms with E-state index in [0.717, 1.165) is 15.8 Å². The Balaban J connectivity index is 1.90. The van der Waals surface area contributed by atoms with Crippen LogP contribution < -0.4 is 5.32 Å². The molecule has 2 aromatic carbocycles. The highest BCUT2D eigenvalue weighted by Crippen LogP contribution is 2.28. The lowest BCUT2D eigenvalue weighted by Gasteiger charge is -2.14. The lowest BCUT2D eigenvalue weighted by atomic mass is 10.2. The van der Waals surface area contributed by atoms with Crippen LogP contribution in [0, 0.1) is 0 Å². The van der Waals surface area contributed by atoms with Crippen molar-refractivity contribution < 1.29 is 0 Å². The van der Waals surface area contributed by atoms with Crippen LogP contribution in [0.4, 0.5) is 5.69 Å². The van der Waals surface area contributed by atoms with Gasteiger partial charge in [0.05, 0.1) is 10.7 Å². The van der Waals surface area contributed by atoms with Gasteiger partial charge in [-0.25, -0.2) is 9.67 Å². The standard InChI is InChI=1S/C15H12BrClN4/c16-12-5-2-1-4-11(12)8-19-14-7-3-6-13(17)15(14)21-10-18-9-20-21/h1-7,9-10,19H,8H2. The molecule has 0 bridgehead atoms. The number of hydrogen-bond acceptors (Lipinski definition) is 3. The highest BCUT2D eigenvalue weighted by atomic mass is 79.9. The van der Waals surface area contributed by atoms with Gasteiger partial charge in [0.2, 0.25) is 0 Å². The zero-order chi connectivity index (χ0) is 14.7. The zero-order valence-corrected chi connectivity index (χ0v) is 13.3. The van der Waals surface area contributed by atoms with E-state index in [0.29, 0.717) is 11.6 Å². The first-order chi connectivity index (χ1) is 10.3. The fourth-order valence-corrected chi connectivity index (χ4v) is 2.73. The van der Waals surface area contributed by atoms with Gasteiger partial charge in [0.15, 0.2) is 0 Å². The number of aromatic nitrogens is 3. The van der Waals surface area contributed by atoms with Gasteiger partial charge in [0.25, 0.3) is 0 Å². The molecule has 21 heavy (non-hydrogen) atoms. The Morgan fingerprint density at radius 2 is 2.00 bits per heavy atom. The largest absolute Gasteiger partial charge is 0.379 e.